The van der Waals surface area contributed by atoms with E-state index in [2.05, 4.69) is 136 Å². The molecule has 0 aliphatic heterocycles. The maximum Gasteiger partial charge on any atom is 0.254 e. The molecular weight excluding hydrogens is 474 g/mol. The molecule has 0 radical (unpaired) electrons. The third-order valence-electron chi connectivity index (χ3n) is 7.28. The summed E-state index contributed by atoms with van der Waals surface area (Å²) in [7, 11) is 0. The van der Waals surface area contributed by atoms with Gasteiger partial charge in [-0.2, -0.15) is 0 Å². The molecule has 1 heterocycles. The lowest BCUT2D eigenvalue weighted by atomic mass is 9.72. The summed E-state index contributed by atoms with van der Waals surface area (Å²) in [6.45, 7) is 11.5. The van der Waals surface area contributed by atoms with E-state index in [-0.39, 0.29) is 16.6 Å². The maximum absolute atomic E-state index is 11.4. The van der Waals surface area contributed by atoms with Crippen LogP contribution in [-0.2, 0) is 5.41 Å². The molecule has 0 aliphatic carbocycles. The number of hydrogen-bond donors (Lipinski definition) is 1. The molecule has 196 valence electrons. The molecule has 2 heteroatoms. The van der Waals surface area contributed by atoms with Gasteiger partial charge in [0.2, 0.25) is 11.4 Å². The van der Waals surface area contributed by atoms with Gasteiger partial charge >= 0.3 is 0 Å². The molecule has 0 aliphatic rings. The molecule has 4 aromatic carbocycles. The normalized spacial score (nSPS) is 11.9. The molecular formula is C37H38NO+. The van der Waals surface area contributed by atoms with Crippen molar-refractivity contribution in [3.05, 3.63) is 127 Å². The predicted molar refractivity (Wildman–Crippen MR) is 163 cm³/mol. The quantitative estimate of drug-likeness (QED) is 0.225. The van der Waals surface area contributed by atoms with E-state index in [1.54, 1.807) is 0 Å². The Morgan fingerprint density at radius 2 is 1.00 bits per heavy atom. The lowest BCUT2D eigenvalue weighted by Crippen LogP contribution is -2.37. The molecule has 1 aromatic heterocycles. The third-order valence-corrected chi connectivity index (χ3v) is 7.28. The highest BCUT2D eigenvalue weighted by atomic mass is 16.3. The Morgan fingerprint density at radius 1 is 0.538 bits per heavy atom. The molecule has 0 saturated heterocycles. The summed E-state index contributed by atoms with van der Waals surface area (Å²) in [6, 6.07) is 42.0. The van der Waals surface area contributed by atoms with Crippen LogP contribution in [0, 0.1) is 5.41 Å². The molecule has 0 spiro atoms. The monoisotopic (exact) mass is 512 g/mol. The zero-order valence-corrected chi connectivity index (χ0v) is 23.6. The van der Waals surface area contributed by atoms with Crippen molar-refractivity contribution in [2.24, 2.45) is 5.41 Å². The van der Waals surface area contributed by atoms with Gasteiger partial charge in [0.15, 0.2) is 5.75 Å². The average Bonchev–Trinajstić information content (AvgIpc) is 2.93. The molecule has 0 bridgehead atoms. The van der Waals surface area contributed by atoms with Gasteiger partial charge in [0, 0.05) is 29.3 Å². The summed E-state index contributed by atoms with van der Waals surface area (Å²) in [4.78, 5) is 0. The molecule has 39 heavy (non-hydrogen) atoms. The van der Waals surface area contributed by atoms with Crippen LogP contribution in [0.5, 0.6) is 5.75 Å². The number of aromatic nitrogens is 1. The van der Waals surface area contributed by atoms with Gasteiger partial charge < -0.3 is 5.11 Å². The minimum absolute atomic E-state index is 0.0644. The largest absolute Gasteiger partial charge is 0.502 e. The number of hydrogen-bond acceptors (Lipinski definition) is 1. The van der Waals surface area contributed by atoms with E-state index >= 15 is 0 Å². The van der Waals surface area contributed by atoms with Crippen molar-refractivity contribution in [3.63, 3.8) is 0 Å². The first-order chi connectivity index (χ1) is 18.6. The maximum atomic E-state index is 11.4. The van der Waals surface area contributed by atoms with Gasteiger partial charge in [-0.05, 0) is 64.3 Å². The van der Waals surface area contributed by atoms with E-state index in [0.29, 0.717) is 0 Å². The lowest BCUT2D eigenvalue weighted by Gasteiger charge is -2.33. The van der Waals surface area contributed by atoms with Crippen molar-refractivity contribution in [1.29, 1.82) is 0 Å². The first kappa shape index (κ1) is 26.4. The minimum atomic E-state index is -0.0644. The van der Waals surface area contributed by atoms with Gasteiger partial charge in [-0.3, -0.25) is 0 Å². The van der Waals surface area contributed by atoms with E-state index in [0.717, 1.165) is 45.7 Å². The molecule has 5 aromatic rings. The Balaban J connectivity index is 1.84. The number of nitrogens with zero attached hydrogens (tertiary/aromatic N) is 1. The second kappa shape index (κ2) is 10.5. The van der Waals surface area contributed by atoms with Gasteiger partial charge in [-0.1, -0.05) is 107 Å². The van der Waals surface area contributed by atoms with Gasteiger partial charge in [-0.25, -0.2) is 0 Å². The molecule has 0 saturated carbocycles. The number of pyridine rings is 1. The van der Waals surface area contributed by atoms with Crippen LogP contribution < -0.4 is 4.57 Å². The van der Waals surface area contributed by atoms with Crippen molar-refractivity contribution in [2.75, 3.05) is 0 Å². The van der Waals surface area contributed by atoms with Crippen LogP contribution in [0.1, 0.15) is 46.6 Å². The number of benzene rings is 4. The van der Waals surface area contributed by atoms with Crippen LogP contribution in [0.25, 0.3) is 39.3 Å². The second-order valence-electron chi connectivity index (χ2n) is 12.3. The summed E-state index contributed by atoms with van der Waals surface area (Å²) in [5.74, 6) is 0.261. The van der Waals surface area contributed by atoms with Gasteiger partial charge in [0.05, 0.1) is 0 Å². The van der Waals surface area contributed by atoms with Crippen LogP contribution in [0.3, 0.4) is 0 Å². The lowest BCUT2D eigenvalue weighted by molar-refractivity contribution is -0.572. The number of aromatic hydroxyl groups is 1. The van der Waals surface area contributed by atoms with Crippen LogP contribution in [0.4, 0.5) is 0 Å². The molecule has 0 fully saturated rings. The molecule has 0 unspecified atom stereocenters. The summed E-state index contributed by atoms with van der Waals surface area (Å²) < 4.78 is 2.23. The van der Waals surface area contributed by atoms with Crippen LogP contribution in [0.2, 0.25) is 0 Å². The Kier molecular flexibility index (Phi) is 7.14. The van der Waals surface area contributed by atoms with Crippen molar-refractivity contribution in [1.82, 2.24) is 0 Å². The average molecular weight is 513 g/mol. The summed E-state index contributed by atoms with van der Waals surface area (Å²) in [5.41, 5.74) is 8.62. The fraction of sp³-hybridized carbons (Fsp3) is 0.216. The standard InChI is InChI=1S/C37H37NO/c1-36(2,3)26-37(4,5)31-21-22-35(39)34(25-31)38-32(28-17-11-7-12-18-28)23-30(27-15-9-6-10-16-27)24-33(38)29-19-13-8-14-20-29/h6-25H,26H2,1-5H3/p+1. The first-order valence-electron chi connectivity index (χ1n) is 13.7. The topological polar surface area (TPSA) is 24.1 Å². The Bertz CT molecular complexity index is 1500. The second-order valence-corrected chi connectivity index (χ2v) is 12.3. The van der Waals surface area contributed by atoms with Crippen molar-refractivity contribution >= 4 is 0 Å². The SMILES string of the molecule is CC(C)(C)CC(C)(C)c1ccc(O)c(-[n+]2c(-c3ccccc3)cc(-c3ccccc3)cc2-c2ccccc2)c1. The Labute approximate surface area is 233 Å². The fourth-order valence-corrected chi connectivity index (χ4v) is 5.85. The predicted octanol–water partition coefficient (Wildman–Crippen LogP) is 9.38. The third kappa shape index (κ3) is 5.81. The minimum Gasteiger partial charge on any atom is -0.502 e. The summed E-state index contributed by atoms with van der Waals surface area (Å²) in [5, 5.41) is 11.4. The van der Waals surface area contributed by atoms with Crippen molar-refractivity contribution in [3.8, 4) is 45.1 Å². The van der Waals surface area contributed by atoms with Crippen LogP contribution in [-0.4, -0.2) is 5.11 Å². The van der Waals surface area contributed by atoms with E-state index in [1.807, 2.05) is 24.3 Å². The molecule has 1 N–H and O–H groups in total. The van der Waals surface area contributed by atoms with E-state index in [9.17, 15) is 5.11 Å². The summed E-state index contributed by atoms with van der Waals surface area (Å²) in [6.07, 6.45) is 1.03. The zero-order chi connectivity index (χ0) is 27.6. The molecule has 0 atom stereocenters. The molecule has 0 amide bonds. The van der Waals surface area contributed by atoms with Crippen LogP contribution in [0.15, 0.2) is 121 Å². The van der Waals surface area contributed by atoms with Gasteiger partial charge in [0.1, 0.15) is 0 Å². The van der Waals surface area contributed by atoms with E-state index in [1.165, 1.54) is 5.56 Å². The van der Waals surface area contributed by atoms with Crippen molar-refractivity contribution < 1.29 is 9.67 Å². The first-order valence-corrected chi connectivity index (χ1v) is 13.7. The number of phenolic OH excluding ortho intramolecular Hbond substituents is 1. The fourth-order valence-electron chi connectivity index (χ4n) is 5.85. The summed E-state index contributed by atoms with van der Waals surface area (Å²) >= 11 is 0. The van der Waals surface area contributed by atoms with E-state index in [4.69, 9.17) is 0 Å². The highest BCUT2D eigenvalue weighted by molar-refractivity contribution is 5.74. The highest BCUT2D eigenvalue weighted by Crippen LogP contribution is 2.39. The Morgan fingerprint density at radius 3 is 1.46 bits per heavy atom. The van der Waals surface area contributed by atoms with Crippen molar-refractivity contribution in [2.45, 2.75) is 46.5 Å². The number of rotatable bonds is 6. The molecule has 5 rings (SSSR count). The zero-order valence-electron chi connectivity index (χ0n) is 23.6. The van der Waals surface area contributed by atoms with Gasteiger partial charge in [0.25, 0.3) is 5.69 Å². The Hall–Kier alpha value is -4.17. The molecule has 2 nitrogen and oxygen atoms in total. The highest BCUT2D eigenvalue weighted by Gasteiger charge is 2.32. The smallest absolute Gasteiger partial charge is 0.254 e. The van der Waals surface area contributed by atoms with E-state index < -0.39 is 0 Å². The van der Waals surface area contributed by atoms with Crippen LogP contribution >= 0.6 is 0 Å². The number of phenols is 1. The van der Waals surface area contributed by atoms with Gasteiger partial charge in [-0.15, -0.1) is 4.57 Å².